The van der Waals surface area contributed by atoms with Crippen molar-refractivity contribution in [3.63, 3.8) is 0 Å². The standard InChI is InChI=1S/C27H30ClIN4O4/c1-26(36)13-18(14-26)33-22(34)3-2-16-10-19(15-30-24(16)33)37-9-8-32-6-4-27(5-7-32)20-11-17(28)12-21(29)23(20)31-25(27)35/h10-12,15,18,36H,2-9,13-14H2,1H3,(H,31,35). The Bertz CT molecular complexity index is 1270. The number of likely N-dealkylation sites (tertiary alicyclic amines) is 1. The summed E-state index contributed by atoms with van der Waals surface area (Å²) < 4.78 is 7.03. The van der Waals surface area contributed by atoms with E-state index in [0.717, 1.165) is 52.9 Å². The lowest BCUT2D eigenvalue weighted by molar-refractivity contribution is -0.123. The number of halogens is 2. The van der Waals surface area contributed by atoms with Crippen molar-refractivity contribution in [1.82, 2.24) is 9.88 Å². The second kappa shape index (κ2) is 9.36. The molecule has 37 heavy (non-hydrogen) atoms. The van der Waals surface area contributed by atoms with Gasteiger partial charge in [0.1, 0.15) is 18.2 Å². The smallest absolute Gasteiger partial charge is 0.235 e. The maximum Gasteiger partial charge on any atom is 0.235 e. The van der Waals surface area contributed by atoms with Gasteiger partial charge in [0, 0.05) is 27.6 Å². The Morgan fingerprint density at radius 3 is 2.70 bits per heavy atom. The van der Waals surface area contributed by atoms with Gasteiger partial charge in [-0.25, -0.2) is 4.98 Å². The Balaban J connectivity index is 1.05. The Kier molecular flexibility index (Phi) is 6.41. The Morgan fingerprint density at radius 1 is 1.22 bits per heavy atom. The monoisotopic (exact) mass is 636 g/mol. The molecule has 1 saturated heterocycles. The Hall–Kier alpha value is -1.95. The van der Waals surface area contributed by atoms with E-state index in [0.29, 0.717) is 48.9 Å². The second-order valence-electron chi connectivity index (χ2n) is 11.0. The molecule has 10 heteroatoms. The number of aliphatic hydroxyl groups is 1. The summed E-state index contributed by atoms with van der Waals surface area (Å²) in [5, 5.41) is 13.9. The predicted octanol–water partition coefficient (Wildman–Crippen LogP) is 3.90. The van der Waals surface area contributed by atoms with Gasteiger partial charge in [-0.15, -0.1) is 0 Å². The third kappa shape index (κ3) is 4.51. The SMILES string of the molecule is CC1(O)CC(N2C(=O)CCc3cc(OCCN4CCC5(CC4)C(=O)Nc4c(I)cc(Cl)cc45)cnc32)C1. The molecule has 196 valence electrons. The van der Waals surface area contributed by atoms with Gasteiger partial charge in [0.2, 0.25) is 11.8 Å². The van der Waals surface area contributed by atoms with Crippen molar-refractivity contribution in [2.45, 2.75) is 62.5 Å². The highest BCUT2D eigenvalue weighted by Crippen LogP contribution is 2.47. The average Bonchev–Trinajstić information content (AvgIpc) is 3.10. The molecule has 1 aromatic heterocycles. The van der Waals surface area contributed by atoms with Crippen molar-refractivity contribution in [3.05, 3.63) is 44.1 Å². The number of rotatable bonds is 5. The number of nitrogens with one attached hydrogen (secondary N) is 1. The highest BCUT2D eigenvalue weighted by atomic mass is 127. The molecule has 4 aliphatic rings. The summed E-state index contributed by atoms with van der Waals surface area (Å²) in [6.45, 7) is 4.71. The summed E-state index contributed by atoms with van der Waals surface area (Å²) in [5.74, 6) is 1.56. The number of anilines is 2. The van der Waals surface area contributed by atoms with Gasteiger partial charge in [-0.1, -0.05) is 11.6 Å². The van der Waals surface area contributed by atoms with E-state index >= 15 is 0 Å². The van der Waals surface area contributed by atoms with Crippen LogP contribution in [0.1, 0.15) is 50.2 Å². The molecule has 1 aromatic carbocycles. The third-order valence-electron chi connectivity index (χ3n) is 8.37. The number of pyridine rings is 1. The number of carbonyl (C=O) groups is 2. The van der Waals surface area contributed by atoms with Gasteiger partial charge in [0.05, 0.1) is 22.9 Å². The number of piperidine rings is 1. The maximum absolute atomic E-state index is 13.0. The molecule has 1 saturated carbocycles. The van der Waals surface area contributed by atoms with Gasteiger partial charge in [-0.3, -0.25) is 19.4 Å². The largest absolute Gasteiger partial charge is 0.491 e. The summed E-state index contributed by atoms with van der Waals surface area (Å²) >= 11 is 8.56. The molecule has 1 spiro atoms. The zero-order valence-electron chi connectivity index (χ0n) is 20.7. The summed E-state index contributed by atoms with van der Waals surface area (Å²) in [5.41, 5.74) is 1.76. The van der Waals surface area contributed by atoms with Crippen LogP contribution in [-0.2, 0) is 21.4 Å². The maximum atomic E-state index is 13.0. The van der Waals surface area contributed by atoms with Crippen LogP contribution < -0.4 is 15.0 Å². The number of amides is 2. The van der Waals surface area contributed by atoms with Crippen LogP contribution in [0.2, 0.25) is 5.02 Å². The summed E-state index contributed by atoms with van der Waals surface area (Å²) in [6.07, 6.45) is 5.45. The number of aromatic nitrogens is 1. The quantitative estimate of drug-likeness (QED) is 0.484. The van der Waals surface area contributed by atoms with Crippen LogP contribution in [0.15, 0.2) is 24.4 Å². The molecule has 2 aromatic rings. The first kappa shape index (κ1) is 25.3. The Labute approximate surface area is 234 Å². The molecular formula is C27H30ClIN4O4. The van der Waals surface area contributed by atoms with E-state index in [1.807, 2.05) is 25.1 Å². The highest BCUT2D eigenvalue weighted by molar-refractivity contribution is 14.1. The highest BCUT2D eigenvalue weighted by Gasteiger charge is 2.49. The van der Waals surface area contributed by atoms with E-state index in [1.165, 1.54) is 0 Å². The van der Waals surface area contributed by atoms with Gasteiger partial charge < -0.3 is 15.2 Å². The van der Waals surface area contributed by atoms with Crippen LogP contribution in [0.25, 0.3) is 0 Å². The number of ether oxygens (including phenoxy) is 1. The fraction of sp³-hybridized carbons (Fsp3) is 0.519. The van der Waals surface area contributed by atoms with Crippen molar-refractivity contribution in [2.24, 2.45) is 0 Å². The number of benzene rings is 1. The van der Waals surface area contributed by atoms with Crippen LogP contribution in [0, 0.1) is 3.57 Å². The predicted molar refractivity (Wildman–Crippen MR) is 149 cm³/mol. The lowest BCUT2D eigenvalue weighted by Gasteiger charge is -2.47. The van der Waals surface area contributed by atoms with E-state index in [2.05, 4.69) is 37.8 Å². The van der Waals surface area contributed by atoms with Gasteiger partial charge in [0.15, 0.2) is 0 Å². The Morgan fingerprint density at radius 2 is 1.97 bits per heavy atom. The third-order valence-corrected chi connectivity index (χ3v) is 9.44. The first-order valence-corrected chi connectivity index (χ1v) is 14.3. The first-order chi connectivity index (χ1) is 17.6. The molecule has 0 unspecified atom stereocenters. The second-order valence-corrected chi connectivity index (χ2v) is 12.6. The summed E-state index contributed by atoms with van der Waals surface area (Å²) in [6, 6.07) is 5.84. The van der Waals surface area contributed by atoms with Crippen molar-refractivity contribution >= 4 is 57.5 Å². The first-order valence-electron chi connectivity index (χ1n) is 12.8. The van der Waals surface area contributed by atoms with Gasteiger partial charge in [-0.05, 0) is 104 Å². The van der Waals surface area contributed by atoms with E-state index in [-0.39, 0.29) is 17.9 Å². The molecule has 3 aliphatic heterocycles. The van der Waals surface area contributed by atoms with Crippen LogP contribution in [0.3, 0.4) is 0 Å². The van der Waals surface area contributed by atoms with Crippen molar-refractivity contribution < 1.29 is 19.4 Å². The van der Waals surface area contributed by atoms with E-state index in [9.17, 15) is 14.7 Å². The molecule has 8 nitrogen and oxygen atoms in total. The zero-order chi connectivity index (χ0) is 25.9. The fourth-order valence-corrected chi connectivity index (χ4v) is 7.50. The number of aryl methyl sites for hydroxylation is 1. The molecular weight excluding hydrogens is 607 g/mol. The minimum Gasteiger partial charge on any atom is -0.491 e. The average molecular weight is 637 g/mol. The van der Waals surface area contributed by atoms with Crippen LogP contribution >= 0.6 is 34.2 Å². The van der Waals surface area contributed by atoms with Crippen LogP contribution in [0.5, 0.6) is 5.75 Å². The van der Waals surface area contributed by atoms with E-state index in [1.54, 1.807) is 11.1 Å². The molecule has 0 atom stereocenters. The normalized spacial score (nSPS) is 26.5. The minimum atomic E-state index is -0.698. The number of carbonyl (C=O) groups excluding carboxylic acids is 2. The molecule has 6 rings (SSSR count). The van der Waals surface area contributed by atoms with Gasteiger partial charge in [-0.2, -0.15) is 0 Å². The van der Waals surface area contributed by atoms with Gasteiger partial charge in [0.25, 0.3) is 0 Å². The number of fused-ring (bicyclic) bond motifs is 3. The molecule has 2 amide bonds. The van der Waals surface area contributed by atoms with Crippen LogP contribution in [0.4, 0.5) is 11.5 Å². The van der Waals surface area contributed by atoms with Crippen LogP contribution in [-0.4, -0.2) is 64.7 Å². The van der Waals surface area contributed by atoms with E-state index in [4.69, 9.17) is 16.3 Å². The van der Waals surface area contributed by atoms with E-state index < -0.39 is 11.0 Å². The molecule has 1 aliphatic carbocycles. The molecule has 0 radical (unpaired) electrons. The van der Waals surface area contributed by atoms with Crippen molar-refractivity contribution in [3.8, 4) is 5.75 Å². The zero-order valence-corrected chi connectivity index (χ0v) is 23.6. The fourth-order valence-electron chi connectivity index (χ4n) is 6.34. The van der Waals surface area contributed by atoms with Crippen molar-refractivity contribution in [1.29, 1.82) is 0 Å². The summed E-state index contributed by atoms with van der Waals surface area (Å²) in [4.78, 5) is 34.3. The molecule has 2 N–H and O–H groups in total. The van der Waals surface area contributed by atoms with Gasteiger partial charge >= 0.3 is 0 Å². The number of nitrogens with zero attached hydrogens (tertiary/aromatic N) is 3. The number of hydrogen-bond donors (Lipinski definition) is 2. The van der Waals surface area contributed by atoms with Crippen molar-refractivity contribution in [2.75, 3.05) is 36.5 Å². The topological polar surface area (TPSA) is 95.0 Å². The summed E-state index contributed by atoms with van der Waals surface area (Å²) in [7, 11) is 0. The minimum absolute atomic E-state index is 0.0108. The lowest BCUT2D eigenvalue weighted by atomic mass is 9.73. The molecule has 0 bridgehead atoms. The number of hydrogen-bond acceptors (Lipinski definition) is 6. The molecule has 2 fully saturated rings. The molecule has 4 heterocycles. The lowest BCUT2D eigenvalue weighted by Crippen LogP contribution is -2.57.